The third kappa shape index (κ3) is 24.1. The summed E-state index contributed by atoms with van der Waals surface area (Å²) in [7, 11) is 6.75. The number of halogens is 6. The number of hydrogen-bond donors (Lipinski definition) is 6. The van der Waals surface area contributed by atoms with E-state index in [0.717, 1.165) is 177 Å². The number of fused-ring (bicyclic) bond motifs is 18. The molecule has 6 aromatic heterocycles. The van der Waals surface area contributed by atoms with E-state index in [4.69, 9.17) is 69.6 Å². The SMILES string of the molecule is CN(C)C=O.CN(C)C=O.C[C@@H](C(=O)[O-])c1ccc2c(c1)[nH]c1ccc(Cl)cc12.C[C@@H](C(=O)[O-])c1ccc2c(c1)[nH]c1ccc(Cl)cc12.C[C@@H](C(=O)[O-])c1ccc2c(c1)[nH]c1ccc(Cl)cc12.C[C@H](C(=O)[O-])c1ccc2c(c1)[nH]c1ccc(Cl)cc12.C[C@H](C(=O)[O-])c1ccc2c(c1)[nH]c1ccc(Cl)cc12.C[C@H](C(=O)[O-])c1ccc2c(c1)[nH]c1ccc(Cl)cc12.[Eu+3].[Eu+3]. The van der Waals surface area contributed by atoms with Crippen LogP contribution >= 0.6 is 69.6 Å². The van der Waals surface area contributed by atoms with E-state index in [1.54, 1.807) is 69.7 Å². The van der Waals surface area contributed by atoms with Crippen molar-refractivity contribution in [2.45, 2.75) is 77.0 Å². The number of carboxylic acids is 6. The maximum absolute atomic E-state index is 10.9. The van der Waals surface area contributed by atoms with Crippen LogP contribution in [0.5, 0.6) is 0 Å². The molecule has 126 heavy (non-hydrogen) atoms. The second-order valence-electron chi connectivity index (χ2n) is 30.1. The molecule has 18 rings (SSSR count). The van der Waals surface area contributed by atoms with Gasteiger partial charge >= 0.3 is 98.8 Å². The van der Waals surface area contributed by atoms with Gasteiger partial charge in [0.15, 0.2) is 0 Å². The Bertz CT molecular complexity index is 6060. The molecule has 30 heteroatoms. The van der Waals surface area contributed by atoms with Crippen LogP contribution in [-0.2, 0) is 38.4 Å². The number of aliphatic carboxylic acids is 6. The van der Waals surface area contributed by atoms with Gasteiger partial charge in [-0.05, 0) is 179 Å². The van der Waals surface area contributed by atoms with Gasteiger partial charge in [0.05, 0.1) is 0 Å². The maximum Gasteiger partial charge on any atom is 3.00 e. The fourth-order valence-corrected chi connectivity index (χ4v) is 14.8. The monoisotopic (exact) mass is 2080 g/mol. The molecular weight excluding hydrogens is 2010 g/mol. The van der Waals surface area contributed by atoms with E-state index in [9.17, 15) is 69.0 Å². The second kappa shape index (κ2) is 44.2. The Kier molecular flexibility index (Phi) is 35.1. The summed E-state index contributed by atoms with van der Waals surface area (Å²) in [6.07, 6.45) is 1.50. The number of carbonyl (C=O) groups is 8. The zero-order valence-electron chi connectivity index (χ0n) is 69.0. The average molecular weight is 2090 g/mol. The molecule has 18 aromatic rings. The summed E-state index contributed by atoms with van der Waals surface area (Å²) in [6, 6.07) is 67.3. The van der Waals surface area contributed by atoms with Crippen LogP contribution in [-0.4, -0.2) is 117 Å². The Hall–Kier alpha value is -9.89. The molecule has 6 heterocycles. The fourth-order valence-electron chi connectivity index (χ4n) is 13.8. The van der Waals surface area contributed by atoms with Crippen molar-refractivity contribution in [2.75, 3.05) is 28.2 Å². The van der Waals surface area contributed by atoms with Gasteiger partial charge in [0.25, 0.3) is 0 Å². The largest absolute Gasteiger partial charge is 3.00 e. The normalized spacial score (nSPS) is 12.3. The number of aromatic amines is 6. The number of carbonyl (C=O) groups excluding carboxylic acids is 8. The molecule has 2 amide bonds. The van der Waals surface area contributed by atoms with E-state index in [1.165, 1.54) is 9.80 Å². The van der Waals surface area contributed by atoms with E-state index in [0.29, 0.717) is 30.1 Å². The summed E-state index contributed by atoms with van der Waals surface area (Å²) in [5.74, 6) is -10.2. The van der Waals surface area contributed by atoms with Crippen molar-refractivity contribution in [1.29, 1.82) is 0 Å². The topological polar surface area (TPSA) is 376 Å². The van der Waals surface area contributed by atoms with Crippen molar-refractivity contribution < 1.29 is 168 Å². The molecule has 644 valence electrons. The second-order valence-corrected chi connectivity index (χ2v) is 32.7. The molecule has 22 nitrogen and oxygen atoms in total. The average Bonchev–Trinajstić information content (AvgIpc) is 1.66. The van der Waals surface area contributed by atoms with Crippen molar-refractivity contribution in [3.63, 3.8) is 0 Å². The molecule has 0 aliphatic rings. The first-order valence-electron chi connectivity index (χ1n) is 38.6. The summed E-state index contributed by atoms with van der Waals surface area (Å²) in [4.78, 5) is 107. The minimum Gasteiger partial charge on any atom is -0.550 e. The van der Waals surface area contributed by atoms with Crippen LogP contribution in [0.15, 0.2) is 218 Å². The summed E-state index contributed by atoms with van der Waals surface area (Å²) in [6.45, 7) is 9.73. The first-order chi connectivity index (χ1) is 58.9. The van der Waals surface area contributed by atoms with E-state index in [2.05, 4.69) is 29.9 Å². The van der Waals surface area contributed by atoms with E-state index >= 15 is 0 Å². The molecule has 0 spiro atoms. The number of nitrogens with one attached hydrogen (secondary N) is 6. The zero-order valence-corrected chi connectivity index (χ0v) is 78.4. The Labute approximate surface area is 833 Å². The Balaban J connectivity index is 0.000000167. The van der Waals surface area contributed by atoms with Gasteiger partial charge in [-0.25, -0.2) is 0 Å². The van der Waals surface area contributed by atoms with Crippen molar-refractivity contribution in [2.24, 2.45) is 0 Å². The van der Waals surface area contributed by atoms with Crippen molar-refractivity contribution >= 4 is 249 Å². The summed E-state index contributed by atoms with van der Waals surface area (Å²) in [5, 5.41) is 82.0. The smallest absolute Gasteiger partial charge is 0.550 e. The Morgan fingerprint density at radius 2 is 0.357 bits per heavy atom. The minimum atomic E-state index is -1.07. The van der Waals surface area contributed by atoms with Crippen LogP contribution < -0.4 is 30.6 Å². The Morgan fingerprint density at radius 3 is 0.468 bits per heavy atom. The van der Waals surface area contributed by atoms with Crippen molar-refractivity contribution in [3.8, 4) is 0 Å². The standard InChI is InChI=1S/6C15H12ClNO2.2C3H7NO.2Eu/c6*1-8(15(18)19)9-2-4-11-12-7-10(16)3-5-13(12)17-14(11)6-9;2*1-4(2)3-5;;/h6*2-8,17H,1H3,(H,18,19);2*3H,1-2H3;;/q;;;;;;;;2*+3/p-6/t6*8-;;;;/m111000..../s1. The molecule has 0 aliphatic heterocycles. The number of amides is 2. The maximum atomic E-state index is 10.9. The summed E-state index contributed by atoms with van der Waals surface area (Å²) in [5.41, 5.74) is 15.7. The zero-order chi connectivity index (χ0) is 90.0. The van der Waals surface area contributed by atoms with Gasteiger partial charge in [-0.1, -0.05) is 184 Å². The van der Waals surface area contributed by atoms with E-state index in [1.807, 2.05) is 218 Å². The van der Waals surface area contributed by atoms with E-state index < -0.39 is 71.3 Å². The van der Waals surface area contributed by atoms with Crippen LogP contribution in [0, 0.1) is 98.8 Å². The number of H-pyrrole nitrogens is 6. The van der Waals surface area contributed by atoms with Gasteiger partial charge in [-0.15, -0.1) is 0 Å². The van der Waals surface area contributed by atoms with Crippen LogP contribution in [0.4, 0.5) is 0 Å². The molecule has 12 aromatic carbocycles. The van der Waals surface area contributed by atoms with Crippen molar-refractivity contribution in [3.05, 3.63) is 282 Å². The van der Waals surface area contributed by atoms with Crippen LogP contribution in [0.2, 0.25) is 30.1 Å². The van der Waals surface area contributed by atoms with Gasteiger partial charge < -0.3 is 99.1 Å². The third-order valence-electron chi connectivity index (χ3n) is 21.1. The first-order valence-corrected chi connectivity index (χ1v) is 40.9. The summed E-state index contributed by atoms with van der Waals surface area (Å²) >= 11 is 36.0. The van der Waals surface area contributed by atoms with Crippen LogP contribution in [0.3, 0.4) is 0 Å². The number of carboxylic acid groups (broad SMARTS) is 6. The number of hydrogen-bond acceptors (Lipinski definition) is 14. The number of benzene rings is 12. The first kappa shape index (κ1) is 99.9. The predicted octanol–water partition coefficient (Wildman–Crippen LogP) is 16.4. The van der Waals surface area contributed by atoms with Crippen LogP contribution in [0.25, 0.3) is 131 Å². The van der Waals surface area contributed by atoms with E-state index in [-0.39, 0.29) is 98.8 Å². The number of aromatic nitrogens is 6. The van der Waals surface area contributed by atoms with Gasteiger partial charge in [0.1, 0.15) is 0 Å². The predicted molar refractivity (Wildman–Crippen MR) is 485 cm³/mol. The molecule has 0 unspecified atom stereocenters. The molecule has 0 saturated heterocycles. The fraction of sp³-hybridized carbons (Fsp3) is 0.167. The molecule has 6 N–H and O–H groups in total. The number of rotatable bonds is 14. The van der Waals surface area contributed by atoms with Gasteiger partial charge in [-0.3, -0.25) is 9.59 Å². The Morgan fingerprint density at radius 1 is 0.230 bits per heavy atom. The number of nitrogens with zero attached hydrogens (tertiary/aromatic N) is 2. The van der Waals surface area contributed by atoms with Gasteiger partial charge in [0, 0.05) is 260 Å². The quantitative estimate of drug-likeness (QED) is 0.0551. The summed E-state index contributed by atoms with van der Waals surface area (Å²) < 4.78 is 0. The molecule has 0 radical (unpaired) electrons. The molecule has 6 atom stereocenters. The third-order valence-corrected chi connectivity index (χ3v) is 22.5. The van der Waals surface area contributed by atoms with Gasteiger partial charge in [0.2, 0.25) is 12.8 Å². The van der Waals surface area contributed by atoms with Crippen LogP contribution in [0.1, 0.15) is 110 Å². The molecular formula is C96H80Cl6Eu2N8O14. The van der Waals surface area contributed by atoms with Gasteiger partial charge in [-0.2, -0.15) is 0 Å². The molecule has 0 aliphatic carbocycles. The molecule has 0 bridgehead atoms. The molecule has 0 saturated carbocycles. The minimum absolute atomic E-state index is 0. The molecule has 0 fully saturated rings. The van der Waals surface area contributed by atoms with Crippen molar-refractivity contribution in [1.82, 2.24) is 39.7 Å².